The van der Waals surface area contributed by atoms with Crippen molar-refractivity contribution in [2.75, 3.05) is 33.4 Å². The first-order valence-corrected chi connectivity index (χ1v) is 7.99. The van der Waals surface area contributed by atoms with E-state index < -0.39 is 11.9 Å². The van der Waals surface area contributed by atoms with E-state index in [9.17, 15) is 9.59 Å². The van der Waals surface area contributed by atoms with Crippen molar-refractivity contribution in [1.82, 2.24) is 9.88 Å². The third-order valence-electron chi connectivity index (χ3n) is 4.19. The van der Waals surface area contributed by atoms with Gasteiger partial charge in [-0.15, -0.1) is 0 Å². The molecule has 2 rings (SSSR count). The highest BCUT2D eigenvalue weighted by Gasteiger charge is 2.37. The molecule has 0 saturated carbocycles. The molecule has 1 atom stereocenters. The highest BCUT2D eigenvalue weighted by atomic mass is 16.5. The number of aromatic nitrogens is 1. The van der Waals surface area contributed by atoms with E-state index in [2.05, 4.69) is 18.8 Å². The number of hydrogen-bond donors (Lipinski definition) is 1. The quantitative estimate of drug-likeness (QED) is 0.638. The van der Waals surface area contributed by atoms with Gasteiger partial charge in [-0.05, 0) is 30.4 Å². The number of carbonyl (C=O) groups excluding carboxylic acids is 2. The predicted molar refractivity (Wildman–Crippen MR) is 85.8 cm³/mol. The second kappa shape index (κ2) is 7.64. The number of rotatable bonds is 6. The number of nitrogens with one attached hydrogen (secondary N) is 1. The van der Waals surface area contributed by atoms with E-state index in [-0.39, 0.29) is 11.3 Å². The van der Waals surface area contributed by atoms with Crippen LogP contribution in [0.1, 0.15) is 26.0 Å². The minimum absolute atomic E-state index is 0.153. The van der Waals surface area contributed by atoms with Crippen LogP contribution in [-0.4, -0.2) is 55.2 Å². The predicted octanol–water partition coefficient (Wildman–Crippen LogP) is 1.62. The fourth-order valence-electron chi connectivity index (χ4n) is 3.04. The van der Waals surface area contributed by atoms with Gasteiger partial charge in [-0.2, -0.15) is 0 Å². The van der Waals surface area contributed by atoms with Gasteiger partial charge < -0.3 is 19.4 Å². The van der Waals surface area contributed by atoms with Gasteiger partial charge in [0.2, 0.25) is 5.91 Å². The minimum atomic E-state index is -0.761. The number of morpholine rings is 1. The van der Waals surface area contributed by atoms with Crippen LogP contribution in [0, 0.1) is 11.3 Å². The first-order chi connectivity index (χ1) is 10.9. The number of carbonyl (C=O) groups is 2. The maximum atomic E-state index is 12.7. The molecule has 1 aliphatic heterocycles. The summed E-state index contributed by atoms with van der Waals surface area (Å²) in [6, 6.07) is 3.96. The lowest BCUT2D eigenvalue weighted by molar-refractivity contribution is -0.157. The van der Waals surface area contributed by atoms with E-state index in [0.717, 1.165) is 12.1 Å². The van der Waals surface area contributed by atoms with Crippen LogP contribution in [0.4, 0.5) is 0 Å². The van der Waals surface area contributed by atoms with Crippen LogP contribution in [0.15, 0.2) is 18.3 Å². The van der Waals surface area contributed by atoms with Gasteiger partial charge in [-0.3, -0.25) is 9.59 Å². The number of aromatic amines is 1. The second-order valence-corrected chi connectivity index (χ2v) is 6.75. The average Bonchev–Trinajstić information content (AvgIpc) is 3.04. The first kappa shape index (κ1) is 17.5. The Hall–Kier alpha value is -1.82. The summed E-state index contributed by atoms with van der Waals surface area (Å²) in [5.41, 5.74) is 0.892. The molecule has 1 aliphatic rings. The van der Waals surface area contributed by atoms with Crippen molar-refractivity contribution in [1.29, 1.82) is 0 Å². The molecule has 0 spiro atoms. The second-order valence-electron chi connectivity index (χ2n) is 6.75. The van der Waals surface area contributed by atoms with E-state index in [0.29, 0.717) is 32.7 Å². The molecule has 6 heteroatoms. The highest BCUT2D eigenvalue weighted by Crippen LogP contribution is 2.31. The molecule has 1 amide bonds. The van der Waals surface area contributed by atoms with Gasteiger partial charge in [0, 0.05) is 25.0 Å². The van der Waals surface area contributed by atoms with Crippen molar-refractivity contribution in [3.63, 3.8) is 0 Å². The fourth-order valence-corrected chi connectivity index (χ4v) is 3.04. The van der Waals surface area contributed by atoms with E-state index in [4.69, 9.17) is 9.47 Å². The van der Waals surface area contributed by atoms with Crippen LogP contribution in [0.2, 0.25) is 0 Å². The SMILES string of the molecule is COC(=O)C(CC(C)(C)Cc1ccc[nH]1)C(=O)N1CCOCC1. The van der Waals surface area contributed by atoms with Crippen molar-refractivity contribution >= 4 is 11.9 Å². The Labute approximate surface area is 137 Å². The molecule has 128 valence electrons. The first-order valence-electron chi connectivity index (χ1n) is 7.99. The van der Waals surface area contributed by atoms with E-state index in [1.807, 2.05) is 18.3 Å². The zero-order valence-electron chi connectivity index (χ0n) is 14.1. The molecule has 0 aliphatic carbocycles. The van der Waals surface area contributed by atoms with Crippen LogP contribution in [0.3, 0.4) is 0 Å². The molecule has 6 nitrogen and oxygen atoms in total. The number of amides is 1. The molecule has 23 heavy (non-hydrogen) atoms. The zero-order chi connectivity index (χ0) is 16.9. The van der Waals surface area contributed by atoms with Crippen molar-refractivity contribution in [3.05, 3.63) is 24.0 Å². The summed E-state index contributed by atoms with van der Waals surface area (Å²) < 4.78 is 10.2. The Balaban J connectivity index is 2.07. The molecule has 1 saturated heterocycles. The van der Waals surface area contributed by atoms with Crippen molar-refractivity contribution < 1.29 is 19.1 Å². The lowest BCUT2D eigenvalue weighted by atomic mass is 9.78. The number of ether oxygens (including phenoxy) is 2. The zero-order valence-corrected chi connectivity index (χ0v) is 14.1. The van der Waals surface area contributed by atoms with Crippen molar-refractivity contribution in [2.24, 2.45) is 11.3 Å². The van der Waals surface area contributed by atoms with Gasteiger partial charge in [0.15, 0.2) is 0 Å². The Morgan fingerprint density at radius 2 is 2.09 bits per heavy atom. The standard InChI is InChI=1S/C17H26N2O4/c1-17(2,11-13-5-4-6-18-13)12-14(16(21)22-3)15(20)19-7-9-23-10-8-19/h4-6,14,18H,7-12H2,1-3H3. The van der Waals surface area contributed by atoms with Gasteiger partial charge >= 0.3 is 5.97 Å². The number of hydrogen-bond acceptors (Lipinski definition) is 4. The van der Waals surface area contributed by atoms with Crippen LogP contribution in [0.25, 0.3) is 0 Å². The highest BCUT2D eigenvalue weighted by molar-refractivity contribution is 5.97. The summed E-state index contributed by atoms with van der Waals surface area (Å²) in [5, 5.41) is 0. The Bertz CT molecular complexity index is 519. The summed E-state index contributed by atoms with van der Waals surface area (Å²) in [7, 11) is 1.33. The summed E-state index contributed by atoms with van der Waals surface area (Å²) in [6.45, 7) is 6.23. The summed E-state index contributed by atoms with van der Waals surface area (Å²) in [4.78, 5) is 29.8. The number of H-pyrrole nitrogens is 1. The molecular weight excluding hydrogens is 296 g/mol. The molecule has 1 fully saturated rings. The van der Waals surface area contributed by atoms with Crippen LogP contribution in [-0.2, 0) is 25.5 Å². The molecule has 0 bridgehead atoms. The number of nitrogens with zero attached hydrogens (tertiary/aromatic N) is 1. The largest absolute Gasteiger partial charge is 0.468 e. The van der Waals surface area contributed by atoms with E-state index >= 15 is 0 Å². The topological polar surface area (TPSA) is 71.6 Å². The average molecular weight is 322 g/mol. The lowest BCUT2D eigenvalue weighted by Gasteiger charge is -2.33. The Morgan fingerprint density at radius 3 is 2.65 bits per heavy atom. The van der Waals surface area contributed by atoms with Crippen molar-refractivity contribution in [2.45, 2.75) is 26.7 Å². The lowest BCUT2D eigenvalue weighted by Crippen LogP contribution is -2.47. The molecule has 1 N–H and O–H groups in total. The van der Waals surface area contributed by atoms with Crippen LogP contribution >= 0.6 is 0 Å². The van der Waals surface area contributed by atoms with Crippen molar-refractivity contribution in [3.8, 4) is 0 Å². The Morgan fingerprint density at radius 1 is 1.39 bits per heavy atom. The molecule has 1 aromatic rings. The normalized spacial score (nSPS) is 16.9. The van der Waals surface area contributed by atoms with Crippen LogP contribution < -0.4 is 0 Å². The van der Waals surface area contributed by atoms with Crippen LogP contribution in [0.5, 0.6) is 0 Å². The third-order valence-corrected chi connectivity index (χ3v) is 4.19. The maximum Gasteiger partial charge on any atom is 0.318 e. The number of esters is 1. The van der Waals surface area contributed by atoms with Gasteiger partial charge in [0.1, 0.15) is 5.92 Å². The number of methoxy groups -OCH3 is 1. The van der Waals surface area contributed by atoms with Gasteiger partial charge in [-0.1, -0.05) is 13.8 Å². The monoisotopic (exact) mass is 322 g/mol. The Kier molecular flexibility index (Phi) is 5.82. The van der Waals surface area contributed by atoms with Gasteiger partial charge in [0.05, 0.1) is 20.3 Å². The fraction of sp³-hybridized carbons (Fsp3) is 0.647. The minimum Gasteiger partial charge on any atom is -0.468 e. The summed E-state index contributed by atoms with van der Waals surface area (Å²) in [6.07, 6.45) is 3.10. The molecule has 1 unspecified atom stereocenters. The smallest absolute Gasteiger partial charge is 0.318 e. The molecule has 2 heterocycles. The van der Waals surface area contributed by atoms with E-state index in [1.165, 1.54) is 7.11 Å². The van der Waals surface area contributed by atoms with Gasteiger partial charge in [-0.25, -0.2) is 0 Å². The van der Waals surface area contributed by atoms with E-state index in [1.54, 1.807) is 4.90 Å². The summed E-state index contributed by atoms with van der Waals surface area (Å²) in [5.74, 6) is -1.37. The maximum absolute atomic E-state index is 12.7. The molecular formula is C17H26N2O4. The molecule has 0 aromatic carbocycles. The molecule has 1 aromatic heterocycles. The molecule has 0 radical (unpaired) electrons. The third kappa shape index (κ3) is 4.82. The summed E-state index contributed by atoms with van der Waals surface area (Å²) >= 11 is 0. The van der Waals surface area contributed by atoms with Gasteiger partial charge in [0.25, 0.3) is 0 Å².